The molecular weight excluding hydrogens is 683 g/mol. The van der Waals surface area contributed by atoms with E-state index in [4.69, 9.17) is 4.42 Å². The molecule has 0 saturated carbocycles. The van der Waals surface area contributed by atoms with Crippen LogP contribution in [0.2, 0.25) is 0 Å². The molecule has 0 bridgehead atoms. The van der Waals surface area contributed by atoms with Crippen LogP contribution in [0.4, 0.5) is 17.1 Å². The Bertz CT molecular complexity index is 3430. The molecule has 12 rings (SSSR count). The van der Waals surface area contributed by atoms with E-state index in [0.717, 1.165) is 66.8 Å². The van der Waals surface area contributed by atoms with Gasteiger partial charge >= 0.3 is 0 Å². The molecule has 3 heterocycles. The van der Waals surface area contributed by atoms with Crippen molar-refractivity contribution in [3.05, 3.63) is 200 Å². The van der Waals surface area contributed by atoms with Crippen molar-refractivity contribution in [3.8, 4) is 11.4 Å². The van der Waals surface area contributed by atoms with Crippen LogP contribution in [0, 0.1) is 0 Å². The highest BCUT2D eigenvalue weighted by molar-refractivity contribution is 6.18. The average molecular weight is 716 g/mol. The third-order valence-electron chi connectivity index (χ3n) is 11.5. The summed E-state index contributed by atoms with van der Waals surface area (Å²) in [7, 11) is 0. The van der Waals surface area contributed by atoms with Crippen LogP contribution in [0.5, 0.6) is 0 Å². The lowest BCUT2D eigenvalue weighted by atomic mass is 10.1. The lowest BCUT2D eigenvalue weighted by Crippen LogP contribution is -2.10. The molecule has 0 spiro atoms. The summed E-state index contributed by atoms with van der Waals surface area (Å²) >= 11 is 0. The Hall–Kier alpha value is -7.56. The fourth-order valence-electron chi connectivity index (χ4n) is 9.02. The van der Waals surface area contributed by atoms with E-state index in [-0.39, 0.29) is 0 Å². The average Bonchev–Trinajstić information content (AvgIpc) is 3.92. The van der Waals surface area contributed by atoms with Gasteiger partial charge < -0.3 is 18.5 Å². The number of aromatic nitrogens is 2. The van der Waals surface area contributed by atoms with E-state index in [1.807, 2.05) is 0 Å². The molecule has 56 heavy (non-hydrogen) atoms. The van der Waals surface area contributed by atoms with Gasteiger partial charge in [-0.15, -0.1) is 0 Å². The van der Waals surface area contributed by atoms with Gasteiger partial charge in [-0.3, -0.25) is 0 Å². The van der Waals surface area contributed by atoms with Gasteiger partial charge in [-0.2, -0.15) is 0 Å². The molecule has 0 N–H and O–H groups in total. The summed E-state index contributed by atoms with van der Waals surface area (Å²) in [5.74, 6) is 0. The van der Waals surface area contributed by atoms with Crippen LogP contribution in [-0.2, 0) is 0 Å². The number of furan rings is 1. The van der Waals surface area contributed by atoms with Crippen molar-refractivity contribution in [2.45, 2.75) is 0 Å². The lowest BCUT2D eigenvalue weighted by Gasteiger charge is -2.25. The van der Waals surface area contributed by atoms with Gasteiger partial charge in [0.25, 0.3) is 0 Å². The van der Waals surface area contributed by atoms with Gasteiger partial charge in [-0.1, -0.05) is 127 Å². The maximum Gasteiger partial charge on any atom is 0.159 e. The number of fused-ring (bicyclic) bond motifs is 11. The Balaban J connectivity index is 1.12. The zero-order valence-electron chi connectivity index (χ0n) is 30.3. The van der Waals surface area contributed by atoms with E-state index in [2.05, 4.69) is 214 Å². The van der Waals surface area contributed by atoms with Gasteiger partial charge in [0.15, 0.2) is 5.58 Å². The molecule has 12 aromatic rings. The predicted molar refractivity (Wildman–Crippen MR) is 235 cm³/mol. The Kier molecular flexibility index (Phi) is 6.60. The van der Waals surface area contributed by atoms with Gasteiger partial charge in [0.2, 0.25) is 0 Å². The van der Waals surface area contributed by atoms with Crippen molar-refractivity contribution in [2.75, 3.05) is 4.90 Å². The molecule has 0 fully saturated rings. The molecule has 0 aliphatic heterocycles. The third-order valence-corrected chi connectivity index (χ3v) is 11.5. The van der Waals surface area contributed by atoms with Crippen LogP contribution in [0.25, 0.3) is 87.7 Å². The molecular formula is C52H33N3O. The van der Waals surface area contributed by atoms with Crippen LogP contribution in [0.1, 0.15) is 0 Å². The summed E-state index contributed by atoms with van der Waals surface area (Å²) in [6, 6.07) is 71.9. The van der Waals surface area contributed by atoms with Gasteiger partial charge in [-0.25, -0.2) is 0 Å². The standard InChI is InChI=1S/C52H33N3O/c1-3-15-35(16-4-1)53(48-25-13-22-44-45-29-26-34-14-7-8-19-39(34)51(45)56-52(44)48)37-27-30-42-43-31-28-38(33-50(43)54(49(42)32-37)36-17-5-2-6-18-36)55-46-23-11-9-20-40(46)41-21-10-12-24-47(41)55/h1-33H. The van der Waals surface area contributed by atoms with Crippen LogP contribution < -0.4 is 4.90 Å². The number of para-hydroxylation sites is 5. The topological polar surface area (TPSA) is 26.2 Å². The second-order valence-corrected chi connectivity index (χ2v) is 14.5. The van der Waals surface area contributed by atoms with Crippen molar-refractivity contribution >= 4 is 93.4 Å². The molecule has 0 saturated heterocycles. The summed E-state index contributed by atoms with van der Waals surface area (Å²) in [6.07, 6.45) is 0. The molecule has 3 aromatic heterocycles. The van der Waals surface area contributed by atoms with Crippen molar-refractivity contribution in [1.82, 2.24) is 9.13 Å². The third kappa shape index (κ3) is 4.47. The fraction of sp³-hybridized carbons (Fsp3) is 0. The van der Waals surface area contributed by atoms with Crippen LogP contribution in [0.3, 0.4) is 0 Å². The first-order valence-electron chi connectivity index (χ1n) is 19.1. The highest BCUT2D eigenvalue weighted by Gasteiger charge is 2.22. The van der Waals surface area contributed by atoms with Gasteiger partial charge in [0.05, 0.1) is 27.8 Å². The summed E-state index contributed by atoms with van der Waals surface area (Å²) in [5.41, 5.74) is 11.8. The minimum absolute atomic E-state index is 0.863. The quantitative estimate of drug-likeness (QED) is 0.177. The molecule has 0 amide bonds. The Morgan fingerprint density at radius 1 is 0.321 bits per heavy atom. The molecule has 262 valence electrons. The smallest absolute Gasteiger partial charge is 0.159 e. The van der Waals surface area contributed by atoms with Gasteiger partial charge in [-0.05, 0) is 78.2 Å². The summed E-state index contributed by atoms with van der Waals surface area (Å²) in [5, 5.41) is 9.41. The zero-order chi connectivity index (χ0) is 36.7. The number of hydrogen-bond donors (Lipinski definition) is 0. The highest BCUT2D eigenvalue weighted by atomic mass is 16.3. The Labute approximate surface area is 322 Å². The lowest BCUT2D eigenvalue weighted by molar-refractivity contribution is 0.673. The maximum atomic E-state index is 6.91. The molecule has 0 radical (unpaired) electrons. The molecule has 9 aromatic carbocycles. The SMILES string of the molecule is c1ccc(N(c2ccc3c4ccc(-n5c6ccccc6c6ccccc65)cc4n(-c4ccccc4)c3c2)c2cccc3c2oc2c4ccccc4ccc32)cc1. The first-order chi connectivity index (χ1) is 27.8. The van der Waals surface area contributed by atoms with Crippen molar-refractivity contribution < 1.29 is 4.42 Å². The fourth-order valence-corrected chi connectivity index (χ4v) is 9.02. The number of benzene rings is 9. The molecule has 4 nitrogen and oxygen atoms in total. The van der Waals surface area contributed by atoms with E-state index in [0.29, 0.717) is 0 Å². The minimum Gasteiger partial charge on any atom is -0.453 e. The molecule has 0 atom stereocenters. The summed E-state index contributed by atoms with van der Waals surface area (Å²) in [6.45, 7) is 0. The highest BCUT2D eigenvalue weighted by Crippen LogP contribution is 2.45. The zero-order valence-corrected chi connectivity index (χ0v) is 30.3. The van der Waals surface area contributed by atoms with Crippen molar-refractivity contribution in [2.24, 2.45) is 0 Å². The first kappa shape index (κ1) is 30.9. The van der Waals surface area contributed by atoms with E-state index in [9.17, 15) is 0 Å². The van der Waals surface area contributed by atoms with E-state index < -0.39 is 0 Å². The van der Waals surface area contributed by atoms with Crippen molar-refractivity contribution in [3.63, 3.8) is 0 Å². The number of rotatable bonds is 5. The second kappa shape index (κ2) is 12.0. The monoisotopic (exact) mass is 715 g/mol. The van der Waals surface area contributed by atoms with E-state index in [1.165, 1.54) is 38.0 Å². The number of anilines is 3. The maximum absolute atomic E-state index is 6.91. The van der Waals surface area contributed by atoms with Crippen LogP contribution >= 0.6 is 0 Å². The van der Waals surface area contributed by atoms with E-state index in [1.54, 1.807) is 0 Å². The molecule has 0 aliphatic rings. The molecule has 0 aliphatic carbocycles. The summed E-state index contributed by atoms with van der Waals surface area (Å²) < 4.78 is 11.7. The van der Waals surface area contributed by atoms with E-state index >= 15 is 0 Å². The van der Waals surface area contributed by atoms with Crippen molar-refractivity contribution in [1.29, 1.82) is 0 Å². The number of nitrogens with zero attached hydrogens (tertiary/aromatic N) is 3. The molecule has 4 heteroatoms. The van der Waals surface area contributed by atoms with Gasteiger partial charge in [0, 0.05) is 60.5 Å². The Morgan fingerprint density at radius 2 is 0.875 bits per heavy atom. The molecule has 0 unspecified atom stereocenters. The largest absolute Gasteiger partial charge is 0.453 e. The first-order valence-corrected chi connectivity index (χ1v) is 19.1. The second-order valence-electron chi connectivity index (χ2n) is 14.5. The van der Waals surface area contributed by atoms with Crippen LogP contribution in [-0.4, -0.2) is 9.13 Å². The normalized spacial score (nSPS) is 11.9. The number of hydrogen-bond acceptors (Lipinski definition) is 2. The predicted octanol–water partition coefficient (Wildman–Crippen LogP) is 14.4. The minimum atomic E-state index is 0.863. The van der Waals surface area contributed by atoms with Gasteiger partial charge in [0.1, 0.15) is 5.58 Å². The van der Waals surface area contributed by atoms with Crippen LogP contribution in [0.15, 0.2) is 205 Å². The Morgan fingerprint density at radius 3 is 1.64 bits per heavy atom. The summed E-state index contributed by atoms with van der Waals surface area (Å²) in [4.78, 5) is 2.34.